The highest BCUT2D eigenvalue weighted by Crippen LogP contribution is 2.39. The molecule has 1 aliphatic heterocycles. The van der Waals surface area contributed by atoms with Gasteiger partial charge in [0.15, 0.2) is 0 Å². The molecule has 2 rings (SSSR count). The molecule has 0 radical (unpaired) electrons. The van der Waals surface area contributed by atoms with E-state index >= 15 is 0 Å². The van der Waals surface area contributed by atoms with Crippen molar-refractivity contribution in [3.05, 3.63) is 28.8 Å². The third-order valence-electron chi connectivity index (χ3n) is 3.47. The molecular formula is C14H21BrN2O2. The molecule has 1 unspecified atom stereocenters. The molecule has 2 N–H and O–H groups in total. The maximum atomic E-state index is 11.9. The van der Waals surface area contributed by atoms with Crippen LogP contribution in [-0.4, -0.2) is 25.3 Å². The van der Waals surface area contributed by atoms with Gasteiger partial charge in [-0.3, -0.25) is 9.69 Å². The summed E-state index contributed by atoms with van der Waals surface area (Å²) >= 11 is 0. The Bertz CT molecular complexity index is 504. The molecule has 19 heavy (non-hydrogen) atoms. The summed E-state index contributed by atoms with van der Waals surface area (Å²) in [6.45, 7) is 5.96. The average Bonchev–Trinajstić information content (AvgIpc) is 2.51. The van der Waals surface area contributed by atoms with Crippen molar-refractivity contribution in [2.75, 3.05) is 18.6 Å². The Labute approximate surface area is 124 Å². The summed E-state index contributed by atoms with van der Waals surface area (Å²) in [6, 6.07) is 4.14. The Hall–Kier alpha value is -0.910. The van der Waals surface area contributed by atoms with E-state index in [9.17, 15) is 4.79 Å². The molecule has 0 bridgehead atoms. The number of fused-ring (bicyclic) bond motifs is 1. The predicted octanol–water partition coefficient (Wildman–Crippen LogP) is 2.09. The van der Waals surface area contributed by atoms with E-state index in [0.29, 0.717) is 13.0 Å². The molecule has 0 aliphatic carbocycles. The second-order valence-corrected chi connectivity index (χ2v) is 5.15. The van der Waals surface area contributed by atoms with Gasteiger partial charge < -0.3 is 10.5 Å². The minimum atomic E-state index is -0.762. The number of amides is 1. The van der Waals surface area contributed by atoms with E-state index in [4.69, 9.17) is 10.5 Å². The summed E-state index contributed by atoms with van der Waals surface area (Å²) in [6.07, 6.45) is 0.641. The molecule has 106 valence electrons. The van der Waals surface area contributed by atoms with Crippen LogP contribution in [0.25, 0.3) is 0 Å². The van der Waals surface area contributed by atoms with Crippen molar-refractivity contribution in [3.63, 3.8) is 0 Å². The highest BCUT2D eigenvalue weighted by molar-refractivity contribution is 8.93. The van der Waals surface area contributed by atoms with Crippen molar-refractivity contribution < 1.29 is 9.53 Å². The van der Waals surface area contributed by atoms with Gasteiger partial charge in [-0.1, -0.05) is 6.07 Å². The number of anilines is 1. The molecule has 1 amide bonds. The van der Waals surface area contributed by atoms with Crippen LogP contribution in [0.5, 0.6) is 0 Å². The van der Waals surface area contributed by atoms with Crippen LogP contribution in [0, 0.1) is 13.8 Å². The number of methoxy groups -OCH3 is 1. The van der Waals surface area contributed by atoms with Crippen molar-refractivity contribution in [1.29, 1.82) is 0 Å². The Morgan fingerprint density at radius 2 is 2.11 bits per heavy atom. The molecular weight excluding hydrogens is 308 g/mol. The zero-order chi connectivity index (χ0) is 13.5. The molecule has 0 spiro atoms. The van der Waals surface area contributed by atoms with Crippen LogP contribution in [-0.2, 0) is 16.0 Å². The number of hydrogen-bond donors (Lipinski definition) is 1. The Kier molecular flexibility index (Phi) is 4.76. The number of aryl methyl sites for hydroxylation is 2. The first kappa shape index (κ1) is 16.1. The molecule has 1 aromatic rings. The van der Waals surface area contributed by atoms with Gasteiger partial charge in [-0.05, 0) is 36.6 Å². The number of carbonyl (C=O) groups is 1. The van der Waals surface area contributed by atoms with E-state index in [2.05, 4.69) is 13.0 Å². The number of hydrogen-bond acceptors (Lipinski definition) is 3. The molecule has 0 saturated carbocycles. The van der Waals surface area contributed by atoms with Crippen LogP contribution in [0.15, 0.2) is 12.1 Å². The quantitative estimate of drug-likeness (QED) is 0.904. The lowest BCUT2D eigenvalue weighted by Crippen LogP contribution is -2.59. The lowest BCUT2D eigenvalue weighted by Gasteiger charge is -2.34. The molecule has 0 aromatic heterocycles. The Morgan fingerprint density at radius 3 is 2.63 bits per heavy atom. The van der Waals surface area contributed by atoms with Gasteiger partial charge in [0.05, 0.1) is 6.61 Å². The number of carbonyl (C=O) groups excluding carboxylic acids is 1. The summed E-state index contributed by atoms with van der Waals surface area (Å²) in [5.74, 6) is -0.0432. The van der Waals surface area contributed by atoms with E-state index in [0.717, 1.165) is 16.8 Å². The van der Waals surface area contributed by atoms with Gasteiger partial charge in [0.1, 0.15) is 5.66 Å². The van der Waals surface area contributed by atoms with Crippen molar-refractivity contribution in [3.8, 4) is 0 Å². The lowest BCUT2D eigenvalue weighted by atomic mass is 10.00. The highest BCUT2D eigenvalue weighted by Gasteiger charge is 2.43. The lowest BCUT2D eigenvalue weighted by molar-refractivity contribution is -0.118. The van der Waals surface area contributed by atoms with Crippen LogP contribution in [0.2, 0.25) is 0 Å². The van der Waals surface area contributed by atoms with Gasteiger partial charge in [-0.25, -0.2) is 0 Å². The van der Waals surface area contributed by atoms with E-state index in [-0.39, 0.29) is 22.9 Å². The second-order valence-electron chi connectivity index (χ2n) is 5.15. The fraction of sp³-hybridized carbons (Fsp3) is 0.500. The molecule has 4 nitrogen and oxygen atoms in total. The molecule has 0 fully saturated rings. The fourth-order valence-electron chi connectivity index (χ4n) is 2.88. The van der Waals surface area contributed by atoms with Gasteiger partial charge in [0, 0.05) is 26.1 Å². The number of halogens is 1. The standard InChI is InChI=1S/C14H20N2O2.BrH/c1-9-5-10(2)12-7-14(15,8-18-4)16(11(3)17)13(12)6-9;/h5-6H,7-8,15H2,1-4H3;1H. The van der Waals surface area contributed by atoms with Crippen LogP contribution < -0.4 is 10.6 Å². The SMILES string of the molecule is Br.COCC1(N)Cc2c(C)cc(C)cc2N1C(C)=O. The maximum Gasteiger partial charge on any atom is 0.225 e. The number of benzene rings is 1. The average molecular weight is 329 g/mol. The second kappa shape index (κ2) is 5.61. The number of nitrogens with two attached hydrogens (primary N) is 1. The minimum Gasteiger partial charge on any atom is -0.381 e. The first-order valence-electron chi connectivity index (χ1n) is 6.08. The van der Waals surface area contributed by atoms with Crippen LogP contribution in [0.1, 0.15) is 23.6 Å². The van der Waals surface area contributed by atoms with Gasteiger partial charge in [-0.2, -0.15) is 0 Å². The van der Waals surface area contributed by atoms with Gasteiger partial charge in [0.25, 0.3) is 0 Å². The predicted molar refractivity (Wildman–Crippen MR) is 81.9 cm³/mol. The Balaban J connectivity index is 0.00000180. The summed E-state index contributed by atoms with van der Waals surface area (Å²) in [5, 5.41) is 0. The van der Waals surface area contributed by atoms with Gasteiger partial charge in [0.2, 0.25) is 5.91 Å². The normalized spacial score (nSPS) is 21.0. The molecule has 0 saturated heterocycles. The fourth-order valence-corrected chi connectivity index (χ4v) is 2.88. The first-order valence-corrected chi connectivity index (χ1v) is 6.08. The number of nitrogens with zero attached hydrogens (tertiary/aromatic N) is 1. The van der Waals surface area contributed by atoms with E-state index in [1.807, 2.05) is 13.0 Å². The molecule has 1 aromatic carbocycles. The minimum absolute atomic E-state index is 0. The summed E-state index contributed by atoms with van der Waals surface area (Å²) < 4.78 is 5.19. The third kappa shape index (κ3) is 2.68. The first-order chi connectivity index (χ1) is 8.39. The molecule has 1 atom stereocenters. The third-order valence-corrected chi connectivity index (χ3v) is 3.47. The van der Waals surface area contributed by atoms with Crippen molar-refractivity contribution in [2.45, 2.75) is 32.9 Å². The van der Waals surface area contributed by atoms with Crippen molar-refractivity contribution in [1.82, 2.24) is 0 Å². The van der Waals surface area contributed by atoms with Crippen LogP contribution in [0.3, 0.4) is 0 Å². The van der Waals surface area contributed by atoms with Crippen LogP contribution >= 0.6 is 17.0 Å². The smallest absolute Gasteiger partial charge is 0.225 e. The molecule has 1 heterocycles. The largest absolute Gasteiger partial charge is 0.381 e. The molecule has 1 aliphatic rings. The summed E-state index contributed by atoms with van der Waals surface area (Å²) in [4.78, 5) is 13.6. The van der Waals surface area contributed by atoms with Crippen molar-refractivity contribution in [2.24, 2.45) is 5.73 Å². The van der Waals surface area contributed by atoms with E-state index < -0.39 is 5.66 Å². The topological polar surface area (TPSA) is 55.6 Å². The van der Waals surface area contributed by atoms with Gasteiger partial charge >= 0.3 is 0 Å². The number of rotatable bonds is 2. The Morgan fingerprint density at radius 1 is 1.47 bits per heavy atom. The van der Waals surface area contributed by atoms with E-state index in [1.165, 1.54) is 5.56 Å². The van der Waals surface area contributed by atoms with Gasteiger partial charge in [-0.15, -0.1) is 17.0 Å². The highest BCUT2D eigenvalue weighted by atomic mass is 79.9. The molecule has 5 heteroatoms. The van der Waals surface area contributed by atoms with Crippen LogP contribution in [0.4, 0.5) is 5.69 Å². The summed E-state index contributed by atoms with van der Waals surface area (Å²) in [7, 11) is 1.61. The maximum absolute atomic E-state index is 11.9. The monoisotopic (exact) mass is 328 g/mol. The van der Waals surface area contributed by atoms with E-state index in [1.54, 1.807) is 18.9 Å². The number of ether oxygens (including phenoxy) is 1. The summed E-state index contributed by atoms with van der Waals surface area (Å²) in [5.41, 5.74) is 10.00. The van der Waals surface area contributed by atoms with Crippen molar-refractivity contribution >= 4 is 28.6 Å². The zero-order valence-corrected chi connectivity index (χ0v) is 13.5. The zero-order valence-electron chi connectivity index (χ0n) is 11.8.